The van der Waals surface area contributed by atoms with Gasteiger partial charge < -0.3 is 14.6 Å². The predicted octanol–water partition coefficient (Wildman–Crippen LogP) is 4.76. The first-order chi connectivity index (χ1) is 13.8. The summed E-state index contributed by atoms with van der Waals surface area (Å²) in [5.74, 6) is 1.91. The average molecular weight is 372 g/mol. The average Bonchev–Trinajstić information content (AvgIpc) is 3.16. The maximum atomic E-state index is 5.45. The van der Waals surface area contributed by atoms with E-state index in [9.17, 15) is 0 Å². The highest BCUT2D eigenvalue weighted by molar-refractivity contribution is 5.75. The molecule has 3 heterocycles. The Bertz CT molecular complexity index is 1110. The molecule has 5 heteroatoms. The van der Waals surface area contributed by atoms with Crippen LogP contribution in [0.2, 0.25) is 0 Å². The molecule has 142 valence electrons. The van der Waals surface area contributed by atoms with E-state index >= 15 is 0 Å². The van der Waals surface area contributed by atoms with E-state index in [2.05, 4.69) is 50.9 Å². The molecule has 5 nitrogen and oxygen atoms in total. The lowest BCUT2D eigenvalue weighted by atomic mass is 10.0. The second-order valence-corrected chi connectivity index (χ2v) is 7.23. The number of para-hydroxylation sites is 2. The molecule has 5 rings (SSSR count). The number of nitrogens with zero attached hydrogens (tertiary/aromatic N) is 3. The number of ether oxygens (including phenoxy) is 1. The van der Waals surface area contributed by atoms with E-state index in [4.69, 9.17) is 9.84 Å². The normalized spacial score (nSPS) is 13.5. The molecule has 2 aromatic carbocycles. The van der Waals surface area contributed by atoms with Crippen LogP contribution in [0.5, 0.6) is 5.75 Å². The summed E-state index contributed by atoms with van der Waals surface area (Å²) in [5.41, 5.74) is 6.23. The Hall–Kier alpha value is -3.21. The largest absolute Gasteiger partial charge is 0.495 e. The highest BCUT2D eigenvalue weighted by Gasteiger charge is 2.22. The van der Waals surface area contributed by atoms with Crippen LogP contribution >= 0.6 is 0 Å². The van der Waals surface area contributed by atoms with Crippen molar-refractivity contribution in [1.82, 2.24) is 14.2 Å². The van der Waals surface area contributed by atoms with Crippen molar-refractivity contribution in [2.45, 2.75) is 32.4 Å². The Kier molecular flexibility index (Phi) is 4.28. The highest BCUT2D eigenvalue weighted by Crippen LogP contribution is 2.33. The number of benzene rings is 2. The molecule has 1 aliphatic rings. The zero-order valence-corrected chi connectivity index (χ0v) is 16.1. The van der Waals surface area contributed by atoms with E-state index in [1.807, 2.05) is 24.3 Å². The molecule has 0 saturated heterocycles. The topological polar surface area (TPSA) is 43.5 Å². The van der Waals surface area contributed by atoms with Gasteiger partial charge in [0.1, 0.15) is 11.4 Å². The third-order valence-electron chi connectivity index (χ3n) is 5.54. The summed E-state index contributed by atoms with van der Waals surface area (Å²) >= 11 is 0. The number of hydrogen-bond acceptors (Lipinski definition) is 3. The van der Waals surface area contributed by atoms with Crippen molar-refractivity contribution in [2.75, 3.05) is 12.4 Å². The van der Waals surface area contributed by atoms with Gasteiger partial charge in [0, 0.05) is 23.9 Å². The summed E-state index contributed by atoms with van der Waals surface area (Å²) < 4.78 is 9.91. The third-order valence-corrected chi connectivity index (χ3v) is 5.54. The number of nitrogens with one attached hydrogen (secondary N) is 1. The SMILES string of the molecule is COc1ccccc1NCc1nn2cc(-c3ccccc3)c3c2n1CCCC3. The standard InChI is InChI=1S/C23H24N4O/c1-28-21-13-6-5-12-20(21)24-15-22-25-27-16-19(17-9-3-2-4-10-17)18-11-7-8-14-26(22)23(18)27/h2-6,9-10,12-13,16,24H,7-8,11,14-15H2,1H3. The lowest BCUT2D eigenvalue weighted by Crippen LogP contribution is -2.09. The summed E-state index contributed by atoms with van der Waals surface area (Å²) in [4.78, 5) is 0. The molecule has 0 fully saturated rings. The number of hydrogen-bond donors (Lipinski definition) is 1. The van der Waals surface area contributed by atoms with Crippen LogP contribution in [0.15, 0.2) is 60.8 Å². The highest BCUT2D eigenvalue weighted by atomic mass is 16.5. The number of anilines is 1. The molecule has 1 N–H and O–H groups in total. The van der Waals surface area contributed by atoms with Gasteiger partial charge in [0.15, 0.2) is 5.82 Å². The summed E-state index contributed by atoms with van der Waals surface area (Å²) in [6, 6.07) is 18.6. The second-order valence-electron chi connectivity index (χ2n) is 7.23. The fourth-order valence-electron chi connectivity index (χ4n) is 4.20. The minimum absolute atomic E-state index is 0.669. The quantitative estimate of drug-likeness (QED) is 0.549. The Balaban J connectivity index is 1.53. The molecular weight excluding hydrogens is 348 g/mol. The summed E-state index contributed by atoms with van der Waals surface area (Å²) in [6.45, 7) is 1.68. The van der Waals surface area contributed by atoms with Crippen LogP contribution in [-0.2, 0) is 19.5 Å². The molecular formula is C23H24N4O. The number of aromatic nitrogens is 3. The fourth-order valence-corrected chi connectivity index (χ4v) is 4.20. The van der Waals surface area contributed by atoms with E-state index < -0.39 is 0 Å². The Morgan fingerprint density at radius 3 is 2.71 bits per heavy atom. The van der Waals surface area contributed by atoms with Crippen LogP contribution < -0.4 is 10.1 Å². The molecule has 0 radical (unpaired) electrons. The molecule has 0 saturated carbocycles. The van der Waals surface area contributed by atoms with Gasteiger partial charge in [-0.15, -0.1) is 0 Å². The van der Waals surface area contributed by atoms with E-state index in [1.165, 1.54) is 35.2 Å². The molecule has 0 unspecified atom stereocenters. The minimum atomic E-state index is 0.669. The van der Waals surface area contributed by atoms with E-state index in [1.54, 1.807) is 7.11 Å². The van der Waals surface area contributed by atoms with E-state index in [0.29, 0.717) is 6.54 Å². The van der Waals surface area contributed by atoms with Crippen LogP contribution in [0.4, 0.5) is 5.69 Å². The fraction of sp³-hybridized carbons (Fsp3) is 0.261. The Morgan fingerprint density at radius 1 is 1.04 bits per heavy atom. The van der Waals surface area contributed by atoms with Gasteiger partial charge >= 0.3 is 0 Å². The summed E-state index contributed by atoms with van der Waals surface area (Å²) in [5, 5.41) is 8.41. The van der Waals surface area contributed by atoms with Gasteiger partial charge in [0.05, 0.1) is 19.3 Å². The van der Waals surface area contributed by atoms with Gasteiger partial charge in [0.25, 0.3) is 0 Å². The molecule has 4 aromatic rings. The van der Waals surface area contributed by atoms with Crippen LogP contribution in [0.1, 0.15) is 24.2 Å². The first kappa shape index (κ1) is 16.9. The maximum Gasteiger partial charge on any atom is 0.150 e. The van der Waals surface area contributed by atoms with Crippen LogP contribution in [0.25, 0.3) is 16.8 Å². The van der Waals surface area contributed by atoms with Crippen molar-refractivity contribution in [3.05, 3.63) is 72.2 Å². The van der Waals surface area contributed by atoms with Crippen LogP contribution in [-0.4, -0.2) is 21.3 Å². The third kappa shape index (κ3) is 2.83. The van der Waals surface area contributed by atoms with Gasteiger partial charge in [-0.05, 0) is 37.0 Å². The second kappa shape index (κ2) is 7.08. The monoisotopic (exact) mass is 372 g/mol. The smallest absolute Gasteiger partial charge is 0.150 e. The zero-order valence-electron chi connectivity index (χ0n) is 16.1. The first-order valence-electron chi connectivity index (χ1n) is 9.87. The van der Waals surface area contributed by atoms with E-state index in [0.717, 1.165) is 30.2 Å². The van der Waals surface area contributed by atoms with Crippen LogP contribution in [0.3, 0.4) is 0 Å². The molecule has 1 aliphatic heterocycles. The minimum Gasteiger partial charge on any atom is -0.495 e. The number of rotatable bonds is 5. The van der Waals surface area contributed by atoms with Crippen molar-refractivity contribution >= 4 is 11.3 Å². The zero-order chi connectivity index (χ0) is 18.9. The number of methoxy groups -OCH3 is 1. The van der Waals surface area contributed by atoms with Crippen LogP contribution in [0, 0.1) is 0 Å². The molecule has 0 aliphatic carbocycles. The maximum absolute atomic E-state index is 5.45. The van der Waals surface area contributed by atoms with Gasteiger partial charge in [-0.3, -0.25) is 0 Å². The van der Waals surface area contributed by atoms with Crippen molar-refractivity contribution in [3.63, 3.8) is 0 Å². The van der Waals surface area contributed by atoms with Gasteiger partial charge in [-0.2, -0.15) is 5.10 Å². The lowest BCUT2D eigenvalue weighted by molar-refractivity contribution is 0.416. The van der Waals surface area contributed by atoms with Gasteiger partial charge in [-0.25, -0.2) is 4.52 Å². The lowest BCUT2D eigenvalue weighted by Gasteiger charge is -2.11. The molecule has 0 amide bonds. The Morgan fingerprint density at radius 2 is 1.86 bits per heavy atom. The first-order valence-corrected chi connectivity index (χ1v) is 9.87. The molecule has 28 heavy (non-hydrogen) atoms. The summed E-state index contributed by atoms with van der Waals surface area (Å²) in [6.07, 6.45) is 5.68. The van der Waals surface area contributed by atoms with Crippen molar-refractivity contribution in [2.24, 2.45) is 0 Å². The predicted molar refractivity (Wildman–Crippen MR) is 112 cm³/mol. The summed E-state index contributed by atoms with van der Waals surface area (Å²) in [7, 11) is 1.70. The van der Waals surface area contributed by atoms with Gasteiger partial charge in [-0.1, -0.05) is 42.5 Å². The van der Waals surface area contributed by atoms with Crippen molar-refractivity contribution in [3.8, 4) is 16.9 Å². The van der Waals surface area contributed by atoms with Gasteiger partial charge in [0.2, 0.25) is 0 Å². The number of aryl methyl sites for hydroxylation is 2. The molecule has 2 aromatic heterocycles. The molecule has 0 atom stereocenters. The molecule has 0 spiro atoms. The van der Waals surface area contributed by atoms with Crippen molar-refractivity contribution in [1.29, 1.82) is 0 Å². The van der Waals surface area contributed by atoms with Crippen molar-refractivity contribution < 1.29 is 4.74 Å². The Labute approximate surface area is 164 Å². The molecule has 0 bridgehead atoms. The van der Waals surface area contributed by atoms with E-state index in [-0.39, 0.29) is 0 Å².